The number of hydrogen-bond acceptors (Lipinski definition) is 2. The minimum Gasteiger partial charge on any atom is -0.361 e. The summed E-state index contributed by atoms with van der Waals surface area (Å²) in [6.45, 7) is 0.260. The highest BCUT2D eigenvalue weighted by atomic mass is 32.2. The first-order chi connectivity index (χ1) is 9.52. The van der Waals surface area contributed by atoms with E-state index in [2.05, 4.69) is 15.6 Å². The van der Waals surface area contributed by atoms with Crippen LogP contribution in [0.25, 0.3) is 10.9 Å². The predicted octanol–water partition coefficient (Wildman–Crippen LogP) is 1.79. The molecule has 2 rings (SSSR count). The molecular weight excluding hydrogens is 279 g/mol. The maximum atomic E-state index is 13.2. The molecule has 1 heterocycles. The Kier molecular flexibility index (Phi) is 4.42. The molecule has 0 aliphatic rings. The van der Waals surface area contributed by atoms with Crippen molar-refractivity contribution in [2.75, 3.05) is 12.3 Å². The van der Waals surface area contributed by atoms with Crippen LogP contribution in [0.15, 0.2) is 24.4 Å². The van der Waals surface area contributed by atoms with Crippen LogP contribution in [0.1, 0.15) is 12.0 Å². The van der Waals surface area contributed by atoms with E-state index in [1.165, 1.54) is 12.1 Å². The van der Waals surface area contributed by atoms with Crippen molar-refractivity contribution < 1.29 is 12.8 Å². The lowest BCUT2D eigenvalue weighted by Crippen LogP contribution is -2.28. The van der Waals surface area contributed by atoms with Crippen molar-refractivity contribution in [3.8, 4) is 12.3 Å². The van der Waals surface area contributed by atoms with E-state index < -0.39 is 10.0 Å². The molecule has 20 heavy (non-hydrogen) atoms. The highest BCUT2D eigenvalue weighted by molar-refractivity contribution is 7.89. The molecule has 2 aromatic rings. The molecule has 106 valence electrons. The Labute approximate surface area is 117 Å². The van der Waals surface area contributed by atoms with Gasteiger partial charge in [0.05, 0.1) is 5.75 Å². The number of sulfonamides is 1. The molecule has 1 aromatic heterocycles. The Balaban J connectivity index is 2.00. The van der Waals surface area contributed by atoms with Crippen LogP contribution in [0, 0.1) is 18.2 Å². The average molecular weight is 294 g/mol. The van der Waals surface area contributed by atoms with Crippen molar-refractivity contribution in [3.05, 3.63) is 35.8 Å². The summed E-state index contributed by atoms with van der Waals surface area (Å²) in [5, 5.41) is 0.771. The van der Waals surface area contributed by atoms with Crippen LogP contribution in [0.2, 0.25) is 0 Å². The molecule has 0 aliphatic carbocycles. The monoisotopic (exact) mass is 294 g/mol. The van der Waals surface area contributed by atoms with Gasteiger partial charge in [0, 0.05) is 30.1 Å². The first kappa shape index (κ1) is 14.6. The summed E-state index contributed by atoms with van der Waals surface area (Å²) in [5.74, 6) is 1.90. The topological polar surface area (TPSA) is 62.0 Å². The first-order valence-electron chi connectivity index (χ1n) is 6.18. The molecule has 0 fully saturated rings. The molecule has 0 unspecified atom stereocenters. The molecule has 0 atom stereocenters. The summed E-state index contributed by atoms with van der Waals surface area (Å²) >= 11 is 0. The molecule has 0 amide bonds. The molecule has 0 bridgehead atoms. The SMILES string of the molecule is C#CCCS(=O)(=O)NCCc1c[nH]c2ccc(F)cc12. The van der Waals surface area contributed by atoms with E-state index in [-0.39, 0.29) is 24.5 Å². The van der Waals surface area contributed by atoms with Crippen molar-refractivity contribution in [1.29, 1.82) is 0 Å². The number of halogens is 1. The summed E-state index contributed by atoms with van der Waals surface area (Å²) in [4.78, 5) is 3.03. The van der Waals surface area contributed by atoms with Gasteiger partial charge >= 0.3 is 0 Å². The molecule has 2 N–H and O–H groups in total. The van der Waals surface area contributed by atoms with Gasteiger partial charge in [0.25, 0.3) is 0 Å². The third kappa shape index (κ3) is 3.59. The minimum absolute atomic E-state index is 0.0774. The van der Waals surface area contributed by atoms with E-state index in [0.29, 0.717) is 6.42 Å². The highest BCUT2D eigenvalue weighted by Crippen LogP contribution is 2.19. The third-order valence-corrected chi connectivity index (χ3v) is 4.35. The number of terminal acetylenes is 1. The lowest BCUT2D eigenvalue weighted by atomic mass is 10.1. The van der Waals surface area contributed by atoms with E-state index in [0.717, 1.165) is 16.5 Å². The van der Waals surface area contributed by atoms with E-state index in [1.54, 1.807) is 12.3 Å². The highest BCUT2D eigenvalue weighted by Gasteiger charge is 2.10. The molecule has 0 spiro atoms. The summed E-state index contributed by atoms with van der Waals surface area (Å²) in [7, 11) is -3.34. The van der Waals surface area contributed by atoms with Crippen LogP contribution in [0.4, 0.5) is 4.39 Å². The van der Waals surface area contributed by atoms with Crippen LogP contribution in [0.3, 0.4) is 0 Å². The molecule has 0 aliphatic heterocycles. The maximum Gasteiger partial charge on any atom is 0.212 e. The summed E-state index contributed by atoms with van der Waals surface area (Å²) in [6, 6.07) is 4.48. The van der Waals surface area contributed by atoms with E-state index in [4.69, 9.17) is 6.42 Å². The van der Waals surface area contributed by atoms with E-state index >= 15 is 0 Å². The Bertz CT molecular complexity index is 744. The largest absolute Gasteiger partial charge is 0.361 e. The zero-order valence-electron chi connectivity index (χ0n) is 10.8. The van der Waals surface area contributed by atoms with Crippen LogP contribution in [-0.4, -0.2) is 25.7 Å². The number of hydrogen-bond donors (Lipinski definition) is 2. The average Bonchev–Trinajstić information content (AvgIpc) is 2.79. The number of fused-ring (bicyclic) bond motifs is 1. The molecule has 0 radical (unpaired) electrons. The Morgan fingerprint density at radius 1 is 1.40 bits per heavy atom. The molecule has 4 nitrogen and oxygen atoms in total. The van der Waals surface area contributed by atoms with Gasteiger partial charge in [-0.25, -0.2) is 17.5 Å². The molecule has 6 heteroatoms. The summed E-state index contributed by atoms with van der Waals surface area (Å²) in [5.41, 5.74) is 1.70. The van der Waals surface area contributed by atoms with Crippen LogP contribution >= 0.6 is 0 Å². The van der Waals surface area contributed by atoms with Crippen molar-refractivity contribution >= 4 is 20.9 Å². The molecule has 0 saturated carbocycles. The number of benzene rings is 1. The van der Waals surface area contributed by atoms with Gasteiger partial charge in [-0.3, -0.25) is 0 Å². The standard InChI is InChI=1S/C14H15FN2O2S/c1-2-3-8-20(18,19)17-7-6-11-10-16-14-5-4-12(15)9-13(11)14/h1,4-5,9-10,16-17H,3,6-8H2. The molecule has 1 aromatic carbocycles. The Morgan fingerprint density at radius 2 is 2.20 bits per heavy atom. The second kappa shape index (κ2) is 6.07. The second-order valence-electron chi connectivity index (χ2n) is 4.42. The predicted molar refractivity (Wildman–Crippen MR) is 77.2 cm³/mol. The van der Waals surface area contributed by atoms with Gasteiger partial charge in [0.15, 0.2) is 0 Å². The van der Waals surface area contributed by atoms with Crippen molar-refractivity contribution in [2.24, 2.45) is 0 Å². The normalized spacial score (nSPS) is 11.6. The Hall–Kier alpha value is -1.84. The van der Waals surface area contributed by atoms with E-state index in [1.807, 2.05) is 0 Å². The fraction of sp³-hybridized carbons (Fsp3) is 0.286. The number of rotatable bonds is 6. The summed E-state index contributed by atoms with van der Waals surface area (Å²) in [6.07, 6.45) is 7.47. The summed E-state index contributed by atoms with van der Waals surface area (Å²) < 4.78 is 38.8. The smallest absolute Gasteiger partial charge is 0.212 e. The van der Waals surface area contributed by atoms with Gasteiger partial charge in [-0.15, -0.1) is 12.3 Å². The number of aromatic nitrogens is 1. The fourth-order valence-electron chi connectivity index (χ4n) is 1.96. The fourth-order valence-corrected chi connectivity index (χ4v) is 2.91. The number of nitrogens with one attached hydrogen (secondary N) is 2. The van der Waals surface area contributed by atoms with Gasteiger partial charge < -0.3 is 4.98 Å². The first-order valence-corrected chi connectivity index (χ1v) is 7.83. The van der Waals surface area contributed by atoms with Crippen LogP contribution in [0.5, 0.6) is 0 Å². The van der Waals surface area contributed by atoms with Gasteiger partial charge in [0.1, 0.15) is 5.82 Å². The van der Waals surface area contributed by atoms with Crippen LogP contribution < -0.4 is 4.72 Å². The zero-order valence-corrected chi connectivity index (χ0v) is 11.6. The second-order valence-corrected chi connectivity index (χ2v) is 6.35. The van der Waals surface area contributed by atoms with Crippen molar-refractivity contribution in [3.63, 3.8) is 0 Å². The third-order valence-electron chi connectivity index (χ3n) is 2.96. The maximum absolute atomic E-state index is 13.2. The van der Waals surface area contributed by atoms with Crippen LogP contribution in [-0.2, 0) is 16.4 Å². The lowest BCUT2D eigenvalue weighted by molar-refractivity contribution is 0.581. The quantitative estimate of drug-likeness (QED) is 0.798. The van der Waals surface area contributed by atoms with Gasteiger partial charge in [-0.2, -0.15) is 0 Å². The Morgan fingerprint density at radius 3 is 2.95 bits per heavy atom. The number of aromatic amines is 1. The van der Waals surface area contributed by atoms with E-state index in [9.17, 15) is 12.8 Å². The van der Waals surface area contributed by atoms with Gasteiger partial charge in [-0.05, 0) is 30.2 Å². The van der Waals surface area contributed by atoms with Crippen molar-refractivity contribution in [1.82, 2.24) is 9.71 Å². The minimum atomic E-state index is -3.34. The van der Waals surface area contributed by atoms with Gasteiger partial charge in [-0.1, -0.05) is 0 Å². The number of H-pyrrole nitrogens is 1. The van der Waals surface area contributed by atoms with Crippen molar-refractivity contribution in [2.45, 2.75) is 12.8 Å². The molecule has 0 saturated heterocycles. The molecular formula is C14H15FN2O2S. The van der Waals surface area contributed by atoms with Gasteiger partial charge in [0.2, 0.25) is 10.0 Å². The lowest BCUT2D eigenvalue weighted by Gasteiger charge is -2.04. The zero-order chi connectivity index (χ0) is 14.6.